The Hall–Kier alpha value is -2.00. The van der Waals surface area contributed by atoms with Gasteiger partial charge in [-0.3, -0.25) is 0 Å². The summed E-state index contributed by atoms with van der Waals surface area (Å²) in [6, 6.07) is 15.2. The first-order valence-corrected chi connectivity index (χ1v) is 6.48. The number of hydrogen-bond donors (Lipinski definition) is 3. The molecule has 1 unspecified atom stereocenters. The number of anilines is 1. The fraction of sp³-hybridized carbons (Fsp3) is 0.250. The zero-order valence-corrected chi connectivity index (χ0v) is 11.0. The van der Waals surface area contributed by atoms with Crippen molar-refractivity contribution in [2.24, 2.45) is 0 Å². The van der Waals surface area contributed by atoms with Crippen LogP contribution >= 0.6 is 0 Å². The van der Waals surface area contributed by atoms with Crippen molar-refractivity contribution in [2.45, 2.75) is 26.0 Å². The van der Waals surface area contributed by atoms with Gasteiger partial charge in [0.2, 0.25) is 0 Å². The van der Waals surface area contributed by atoms with Gasteiger partial charge in [0.1, 0.15) is 5.75 Å². The third-order valence-electron chi connectivity index (χ3n) is 3.18. The minimum Gasteiger partial charge on any atom is -0.508 e. The van der Waals surface area contributed by atoms with Crippen LogP contribution in [0.1, 0.15) is 30.5 Å². The highest BCUT2D eigenvalue weighted by Crippen LogP contribution is 2.24. The zero-order valence-electron chi connectivity index (χ0n) is 11.0. The van der Waals surface area contributed by atoms with Gasteiger partial charge in [-0.05, 0) is 41.8 Å². The van der Waals surface area contributed by atoms with E-state index in [9.17, 15) is 5.11 Å². The summed E-state index contributed by atoms with van der Waals surface area (Å²) in [4.78, 5) is 0. The van der Waals surface area contributed by atoms with Crippen molar-refractivity contribution in [3.05, 3.63) is 59.7 Å². The first kappa shape index (κ1) is 13.4. The third-order valence-corrected chi connectivity index (χ3v) is 3.18. The van der Waals surface area contributed by atoms with Crippen molar-refractivity contribution in [1.29, 1.82) is 0 Å². The first-order chi connectivity index (χ1) is 9.22. The molecule has 0 aliphatic rings. The van der Waals surface area contributed by atoms with Crippen molar-refractivity contribution in [3.63, 3.8) is 0 Å². The Balaban J connectivity index is 2.11. The number of aromatic hydroxyl groups is 1. The molecule has 3 nitrogen and oxygen atoms in total. The van der Waals surface area contributed by atoms with E-state index in [1.54, 1.807) is 12.1 Å². The van der Waals surface area contributed by atoms with Crippen LogP contribution in [-0.2, 0) is 6.61 Å². The number of rotatable bonds is 5. The van der Waals surface area contributed by atoms with E-state index in [0.29, 0.717) is 0 Å². The van der Waals surface area contributed by atoms with E-state index in [1.165, 1.54) is 0 Å². The summed E-state index contributed by atoms with van der Waals surface area (Å²) in [5.41, 5.74) is 3.08. The molecule has 0 spiro atoms. The largest absolute Gasteiger partial charge is 0.508 e. The molecule has 0 aliphatic carbocycles. The van der Waals surface area contributed by atoms with E-state index in [2.05, 4.69) is 12.2 Å². The molecule has 0 fully saturated rings. The number of hydrogen-bond acceptors (Lipinski definition) is 3. The van der Waals surface area contributed by atoms with Gasteiger partial charge < -0.3 is 15.5 Å². The van der Waals surface area contributed by atoms with Crippen molar-refractivity contribution >= 4 is 5.69 Å². The van der Waals surface area contributed by atoms with Gasteiger partial charge in [0, 0.05) is 5.69 Å². The molecule has 0 heterocycles. The van der Waals surface area contributed by atoms with Crippen LogP contribution in [0.15, 0.2) is 48.5 Å². The Labute approximate surface area is 113 Å². The highest BCUT2D eigenvalue weighted by molar-refractivity contribution is 5.47. The molecule has 100 valence electrons. The predicted molar refractivity (Wildman–Crippen MR) is 77.1 cm³/mol. The number of benzene rings is 2. The Morgan fingerprint density at radius 2 is 1.63 bits per heavy atom. The van der Waals surface area contributed by atoms with Gasteiger partial charge in [-0.2, -0.15) is 0 Å². The Morgan fingerprint density at radius 3 is 2.16 bits per heavy atom. The summed E-state index contributed by atoms with van der Waals surface area (Å²) in [5, 5.41) is 21.8. The molecule has 0 radical (unpaired) electrons. The third kappa shape index (κ3) is 3.48. The average Bonchev–Trinajstić information content (AvgIpc) is 2.46. The van der Waals surface area contributed by atoms with Gasteiger partial charge >= 0.3 is 0 Å². The molecule has 3 heteroatoms. The van der Waals surface area contributed by atoms with Gasteiger partial charge in [-0.25, -0.2) is 0 Å². The quantitative estimate of drug-likeness (QED) is 0.769. The van der Waals surface area contributed by atoms with Crippen LogP contribution in [0, 0.1) is 0 Å². The second-order valence-electron chi connectivity index (χ2n) is 4.55. The van der Waals surface area contributed by atoms with Crippen molar-refractivity contribution in [3.8, 4) is 5.75 Å². The molecule has 2 rings (SSSR count). The molecule has 0 bridgehead atoms. The maximum Gasteiger partial charge on any atom is 0.115 e. The van der Waals surface area contributed by atoms with E-state index >= 15 is 0 Å². The summed E-state index contributed by atoms with van der Waals surface area (Å²) in [6.07, 6.45) is 0.951. The van der Waals surface area contributed by atoms with Crippen molar-refractivity contribution in [1.82, 2.24) is 0 Å². The molecule has 1 atom stereocenters. The minimum absolute atomic E-state index is 0.0649. The van der Waals surface area contributed by atoms with Gasteiger partial charge in [-0.15, -0.1) is 0 Å². The van der Waals surface area contributed by atoms with Crippen LogP contribution in [0.4, 0.5) is 5.69 Å². The molecular formula is C16H19NO2. The summed E-state index contributed by atoms with van der Waals surface area (Å²) in [6.45, 7) is 2.18. The van der Waals surface area contributed by atoms with Gasteiger partial charge in [0.15, 0.2) is 0 Å². The number of aliphatic hydroxyl groups is 1. The van der Waals surface area contributed by atoms with Crippen LogP contribution in [-0.4, -0.2) is 10.2 Å². The van der Waals surface area contributed by atoms with Gasteiger partial charge in [0.05, 0.1) is 12.6 Å². The normalized spacial score (nSPS) is 12.1. The smallest absolute Gasteiger partial charge is 0.115 e. The molecule has 2 aromatic carbocycles. The number of aliphatic hydroxyl groups excluding tert-OH is 1. The molecule has 0 amide bonds. The Morgan fingerprint density at radius 1 is 1.00 bits per heavy atom. The number of phenolic OH excluding ortho intramolecular Hbond substituents is 1. The highest BCUT2D eigenvalue weighted by Gasteiger charge is 2.08. The SMILES string of the molecule is CCC(Nc1ccc(CO)cc1)c1ccc(O)cc1. The zero-order chi connectivity index (χ0) is 13.7. The highest BCUT2D eigenvalue weighted by atomic mass is 16.3. The topological polar surface area (TPSA) is 52.5 Å². The van der Waals surface area contributed by atoms with E-state index in [-0.39, 0.29) is 18.4 Å². The van der Waals surface area contributed by atoms with Crippen molar-refractivity contribution in [2.75, 3.05) is 5.32 Å². The van der Waals surface area contributed by atoms with Crippen LogP contribution in [0.3, 0.4) is 0 Å². The van der Waals surface area contributed by atoms with Crippen LogP contribution in [0.5, 0.6) is 5.75 Å². The first-order valence-electron chi connectivity index (χ1n) is 6.48. The Kier molecular flexibility index (Phi) is 4.42. The standard InChI is InChI=1S/C16H19NO2/c1-2-16(13-5-9-15(19)10-6-13)17-14-7-3-12(11-18)4-8-14/h3-10,16-19H,2,11H2,1H3. The maximum absolute atomic E-state index is 9.31. The van der Waals surface area contributed by atoms with Gasteiger partial charge in [0.25, 0.3) is 0 Å². The molecular weight excluding hydrogens is 238 g/mol. The fourth-order valence-corrected chi connectivity index (χ4v) is 2.04. The summed E-state index contributed by atoms with van der Waals surface area (Å²) in [7, 11) is 0. The second-order valence-corrected chi connectivity index (χ2v) is 4.55. The van der Waals surface area contributed by atoms with E-state index in [4.69, 9.17) is 5.11 Å². The summed E-state index contributed by atoms with van der Waals surface area (Å²) >= 11 is 0. The van der Waals surface area contributed by atoms with E-state index < -0.39 is 0 Å². The van der Waals surface area contributed by atoms with Crippen molar-refractivity contribution < 1.29 is 10.2 Å². The van der Waals surface area contributed by atoms with Crippen LogP contribution in [0.25, 0.3) is 0 Å². The average molecular weight is 257 g/mol. The lowest BCUT2D eigenvalue weighted by atomic mass is 10.0. The molecule has 0 aliphatic heterocycles. The lowest BCUT2D eigenvalue weighted by Crippen LogP contribution is -2.09. The second kappa shape index (κ2) is 6.25. The lowest BCUT2D eigenvalue weighted by Gasteiger charge is -2.19. The monoisotopic (exact) mass is 257 g/mol. The van der Waals surface area contributed by atoms with Gasteiger partial charge in [-0.1, -0.05) is 31.2 Å². The molecule has 0 saturated carbocycles. The van der Waals surface area contributed by atoms with Crippen LogP contribution in [0.2, 0.25) is 0 Å². The lowest BCUT2D eigenvalue weighted by molar-refractivity contribution is 0.282. The molecule has 0 aromatic heterocycles. The Bertz CT molecular complexity index is 505. The minimum atomic E-state index is 0.0649. The molecule has 19 heavy (non-hydrogen) atoms. The molecule has 0 saturated heterocycles. The number of nitrogens with one attached hydrogen (secondary N) is 1. The summed E-state index contributed by atoms with van der Waals surface area (Å²) < 4.78 is 0. The van der Waals surface area contributed by atoms with E-state index in [1.807, 2.05) is 36.4 Å². The molecule has 3 N–H and O–H groups in total. The maximum atomic E-state index is 9.31. The predicted octanol–water partition coefficient (Wildman–Crippen LogP) is 3.45. The van der Waals surface area contributed by atoms with Crippen LogP contribution < -0.4 is 5.32 Å². The summed E-state index contributed by atoms with van der Waals surface area (Å²) in [5.74, 6) is 0.283. The number of phenols is 1. The van der Waals surface area contributed by atoms with E-state index in [0.717, 1.165) is 23.2 Å². The molecule has 2 aromatic rings. The fourth-order valence-electron chi connectivity index (χ4n) is 2.04.